The van der Waals surface area contributed by atoms with Gasteiger partial charge in [0, 0.05) is 12.1 Å². The van der Waals surface area contributed by atoms with Crippen molar-refractivity contribution in [1.82, 2.24) is 19.7 Å². The maximum Gasteiger partial charge on any atom is 0.226 e. The molecule has 0 amide bonds. The lowest BCUT2D eigenvalue weighted by Gasteiger charge is -2.08. The molecule has 3 rings (SSSR count). The summed E-state index contributed by atoms with van der Waals surface area (Å²) in [5, 5.41) is 7.97. The van der Waals surface area contributed by atoms with Crippen molar-refractivity contribution in [3.63, 3.8) is 0 Å². The zero-order valence-corrected chi connectivity index (χ0v) is 11.7. The Balaban J connectivity index is 2.10. The summed E-state index contributed by atoms with van der Waals surface area (Å²) in [5.41, 5.74) is 0.802. The van der Waals surface area contributed by atoms with Gasteiger partial charge < -0.3 is 5.32 Å². The Hall–Kier alpha value is -1.92. The summed E-state index contributed by atoms with van der Waals surface area (Å²) in [5.74, 6) is -0.0985. The van der Waals surface area contributed by atoms with Crippen LogP contribution in [0, 0.1) is 5.82 Å². The number of benzene rings is 1. The lowest BCUT2D eigenvalue weighted by molar-refractivity contribution is 0.632. The van der Waals surface area contributed by atoms with Gasteiger partial charge >= 0.3 is 0 Å². The summed E-state index contributed by atoms with van der Waals surface area (Å²) in [6.45, 7) is 0. The van der Waals surface area contributed by atoms with E-state index < -0.39 is 5.82 Å². The van der Waals surface area contributed by atoms with E-state index in [9.17, 15) is 4.39 Å². The molecule has 2 aromatic heterocycles. The standard InChI is InChI=1S/C12H8Cl2FN5/c1-20-11-7(5-16-20)10(18-12(14)19-11)17-9-3-2-6(13)4-8(9)15/h2-5H,1H3,(H,17,18,19). The van der Waals surface area contributed by atoms with Crippen molar-refractivity contribution < 1.29 is 4.39 Å². The lowest BCUT2D eigenvalue weighted by atomic mass is 10.3. The minimum absolute atomic E-state index is 0.0537. The topological polar surface area (TPSA) is 55.6 Å². The van der Waals surface area contributed by atoms with Crippen LogP contribution in [0.2, 0.25) is 10.3 Å². The number of aromatic nitrogens is 4. The van der Waals surface area contributed by atoms with Gasteiger partial charge in [-0.2, -0.15) is 15.1 Å². The van der Waals surface area contributed by atoms with Crippen LogP contribution in [0.5, 0.6) is 0 Å². The molecule has 3 aromatic rings. The van der Waals surface area contributed by atoms with E-state index in [1.807, 2.05) is 0 Å². The Morgan fingerprint density at radius 2 is 2.05 bits per heavy atom. The smallest absolute Gasteiger partial charge is 0.226 e. The second-order valence-electron chi connectivity index (χ2n) is 4.10. The third kappa shape index (κ3) is 2.28. The fourth-order valence-electron chi connectivity index (χ4n) is 1.81. The van der Waals surface area contributed by atoms with Crippen LogP contribution in [0.25, 0.3) is 11.0 Å². The third-order valence-electron chi connectivity index (χ3n) is 2.75. The largest absolute Gasteiger partial charge is 0.337 e. The second-order valence-corrected chi connectivity index (χ2v) is 4.87. The van der Waals surface area contributed by atoms with Crippen molar-refractivity contribution >= 4 is 45.7 Å². The fraction of sp³-hybridized carbons (Fsp3) is 0.0833. The predicted molar refractivity (Wildman–Crippen MR) is 76.0 cm³/mol. The number of nitrogens with one attached hydrogen (secondary N) is 1. The number of fused-ring (bicyclic) bond motifs is 1. The van der Waals surface area contributed by atoms with Gasteiger partial charge in [0.05, 0.1) is 17.3 Å². The zero-order chi connectivity index (χ0) is 14.3. The second kappa shape index (κ2) is 4.88. The van der Waals surface area contributed by atoms with Crippen molar-refractivity contribution in [3.05, 3.63) is 40.5 Å². The van der Waals surface area contributed by atoms with E-state index in [0.29, 0.717) is 21.9 Å². The molecule has 0 saturated heterocycles. The Labute approximate surface area is 123 Å². The van der Waals surface area contributed by atoms with Crippen molar-refractivity contribution in [2.24, 2.45) is 7.05 Å². The Kier molecular flexibility index (Phi) is 3.19. The van der Waals surface area contributed by atoms with Gasteiger partial charge in [-0.05, 0) is 29.8 Å². The number of aryl methyl sites for hydroxylation is 1. The van der Waals surface area contributed by atoms with Crippen LogP contribution in [0.3, 0.4) is 0 Å². The van der Waals surface area contributed by atoms with Crippen molar-refractivity contribution in [1.29, 1.82) is 0 Å². The summed E-state index contributed by atoms with van der Waals surface area (Å²) < 4.78 is 15.4. The normalized spacial score (nSPS) is 11.0. The molecule has 0 spiro atoms. The summed E-state index contributed by atoms with van der Waals surface area (Å²) in [7, 11) is 1.73. The Morgan fingerprint density at radius 3 is 2.80 bits per heavy atom. The number of hydrogen-bond donors (Lipinski definition) is 1. The highest BCUT2D eigenvalue weighted by Gasteiger charge is 2.12. The number of halogens is 3. The molecule has 5 nitrogen and oxygen atoms in total. The first-order chi connectivity index (χ1) is 9.54. The molecule has 0 bridgehead atoms. The SMILES string of the molecule is Cn1ncc2c(Nc3ccc(Cl)cc3F)nc(Cl)nc21. The van der Waals surface area contributed by atoms with Crippen LogP contribution in [-0.4, -0.2) is 19.7 Å². The maximum absolute atomic E-state index is 13.8. The highest BCUT2D eigenvalue weighted by atomic mass is 35.5. The van der Waals surface area contributed by atoms with Gasteiger partial charge in [0.25, 0.3) is 0 Å². The molecule has 1 N–H and O–H groups in total. The molecule has 1 aromatic carbocycles. The first-order valence-electron chi connectivity index (χ1n) is 5.62. The highest BCUT2D eigenvalue weighted by molar-refractivity contribution is 6.30. The molecule has 0 atom stereocenters. The monoisotopic (exact) mass is 311 g/mol. The van der Waals surface area contributed by atoms with Gasteiger partial charge in [-0.25, -0.2) is 4.39 Å². The molecule has 0 unspecified atom stereocenters. The molecule has 0 aliphatic rings. The minimum Gasteiger partial charge on any atom is -0.337 e. The Morgan fingerprint density at radius 1 is 1.25 bits per heavy atom. The molecule has 0 aliphatic carbocycles. The van der Waals surface area contributed by atoms with E-state index in [-0.39, 0.29) is 11.0 Å². The van der Waals surface area contributed by atoms with E-state index in [1.54, 1.807) is 24.0 Å². The molecule has 2 heterocycles. The number of nitrogens with zero attached hydrogens (tertiary/aromatic N) is 4. The fourth-order valence-corrected chi connectivity index (χ4v) is 2.13. The van der Waals surface area contributed by atoms with Gasteiger partial charge in [-0.15, -0.1) is 0 Å². The third-order valence-corrected chi connectivity index (χ3v) is 3.15. The van der Waals surface area contributed by atoms with E-state index in [0.717, 1.165) is 0 Å². The first-order valence-corrected chi connectivity index (χ1v) is 6.37. The molecular formula is C12H8Cl2FN5. The molecule has 0 radical (unpaired) electrons. The number of rotatable bonds is 2. The van der Waals surface area contributed by atoms with Gasteiger partial charge in [0.15, 0.2) is 5.65 Å². The van der Waals surface area contributed by atoms with Gasteiger partial charge in [0.2, 0.25) is 5.28 Å². The van der Waals surface area contributed by atoms with Crippen LogP contribution in [0.15, 0.2) is 24.4 Å². The maximum atomic E-state index is 13.8. The Bertz CT molecular complexity index is 802. The van der Waals surface area contributed by atoms with Crippen LogP contribution in [0.4, 0.5) is 15.9 Å². The van der Waals surface area contributed by atoms with Crippen molar-refractivity contribution in [3.8, 4) is 0 Å². The molecule has 8 heteroatoms. The average molecular weight is 312 g/mol. The highest BCUT2D eigenvalue weighted by Crippen LogP contribution is 2.27. The van der Waals surface area contributed by atoms with Crippen LogP contribution >= 0.6 is 23.2 Å². The average Bonchev–Trinajstić information content (AvgIpc) is 2.75. The van der Waals surface area contributed by atoms with Crippen LogP contribution in [0.1, 0.15) is 0 Å². The molecule has 0 fully saturated rings. The van der Waals surface area contributed by atoms with Gasteiger partial charge in [0.1, 0.15) is 11.6 Å². The van der Waals surface area contributed by atoms with Crippen LogP contribution in [-0.2, 0) is 7.05 Å². The van der Waals surface area contributed by atoms with E-state index in [2.05, 4.69) is 20.4 Å². The van der Waals surface area contributed by atoms with Gasteiger partial charge in [-0.3, -0.25) is 4.68 Å². The predicted octanol–water partition coefficient (Wildman–Crippen LogP) is 3.55. The summed E-state index contributed by atoms with van der Waals surface area (Å²) >= 11 is 11.6. The first kappa shape index (κ1) is 13.1. The van der Waals surface area contributed by atoms with E-state index in [1.165, 1.54) is 12.1 Å². The van der Waals surface area contributed by atoms with E-state index >= 15 is 0 Å². The summed E-state index contributed by atoms with van der Waals surface area (Å²) in [4.78, 5) is 8.14. The number of hydrogen-bond acceptors (Lipinski definition) is 4. The van der Waals surface area contributed by atoms with Crippen molar-refractivity contribution in [2.75, 3.05) is 5.32 Å². The molecule has 102 valence electrons. The molecule has 0 saturated carbocycles. The van der Waals surface area contributed by atoms with E-state index in [4.69, 9.17) is 23.2 Å². The van der Waals surface area contributed by atoms with Crippen molar-refractivity contribution in [2.45, 2.75) is 0 Å². The molecule has 0 aliphatic heterocycles. The van der Waals surface area contributed by atoms with Crippen LogP contribution < -0.4 is 5.32 Å². The number of anilines is 2. The molecular weight excluding hydrogens is 304 g/mol. The molecule has 20 heavy (non-hydrogen) atoms. The quantitative estimate of drug-likeness (QED) is 0.735. The summed E-state index contributed by atoms with van der Waals surface area (Å²) in [6, 6.07) is 4.32. The lowest BCUT2D eigenvalue weighted by Crippen LogP contribution is -2.00. The minimum atomic E-state index is -0.482. The summed E-state index contributed by atoms with van der Waals surface area (Å²) in [6.07, 6.45) is 1.59. The van der Waals surface area contributed by atoms with Gasteiger partial charge in [-0.1, -0.05) is 11.6 Å². The zero-order valence-electron chi connectivity index (χ0n) is 10.2.